The predicted molar refractivity (Wildman–Crippen MR) is 120 cm³/mol. The zero-order valence-corrected chi connectivity index (χ0v) is 17.7. The van der Waals surface area contributed by atoms with E-state index in [2.05, 4.69) is 74.3 Å². The first-order chi connectivity index (χ1) is 13.7. The summed E-state index contributed by atoms with van der Waals surface area (Å²) in [5, 5.41) is 4.30. The van der Waals surface area contributed by atoms with Crippen LogP contribution in [0.4, 0.5) is 0 Å². The average Bonchev–Trinajstić information content (AvgIpc) is 3.04. The Kier molecular flexibility index (Phi) is 6.10. The maximum Gasteiger partial charge on any atom is 0.124 e. The third kappa shape index (κ3) is 4.64. The molecule has 1 aromatic heterocycles. The van der Waals surface area contributed by atoms with Gasteiger partial charge in [0.1, 0.15) is 5.82 Å². The lowest BCUT2D eigenvalue weighted by molar-refractivity contribution is 0.628. The number of hydrogen-bond donors (Lipinski definition) is 1. The van der Waals surface area contributed by atoms with Crippen molar-refractivity contribution >= 4 is 38.6 Å². The summed E-state index contributed by atoms with van der Waals surface area (Å²) in [5.74, 6) is 1.04. The van der Waals surface area contributed by atoms with Crippen molar-refractivity contribution in [3.8, 4) is 0 Å². The molecule has 0 radical (unpaired) electrons. The Morgan fingerprint density at radius 1 is 0.929 bits per heavy atom. The van der Waals surface area contributed by atoms with E-state index in [9.17, 15) is 0 Å². The van der Waals surface area contributed by atoms with Crippen molar-refractivity contribution in [3.05, 3.63) is 99.2 Å². The SMILES string of the molecule is Clc1cccc(Cn2c(CNCCc3ccc(Br)cc3)nc3ccccc32)c1. The first-order valence-electron chi connectivity index (χ1n) is 9.33. The molecule has 3 aromatic carbocycles. The van der Waals surface area contributed by atoms with Gasteiger partial charge in [0.05, 0.1) is 17.6 Å². The summed E-state index contributed by atoms with van der Waals surface area (Å²) < 4.78 is 3.38. The number of imidazole rings is 1. The Labute approximate surface area is 178 Å². The lowest BCUT2D eigenvalue weighted by atomic mass is 10.1. The van der Waals surface area contributed by atoms with Gasteiger partial charge in [-0.1, -0.05) is 63.9 Å². The molecule has 0 unspecified atom stereocenters. The first-order valence-corrected chi connectivity index (χ1v) is 10.5. The number of nitrogens with one attached hydrogen (secondary N) is 1. The molecule has 28 heavy (non-hydrogen) atoms. The van der Waals surface area contributed by atoms with Crippen LogP contribution in [-0.4, -0.2) is 16.1 Å². The smallest absolute Gasteiger partial charge is 0.124 e. The van der Waals surface area contributed by atoms with Crippen LogP contribution in [-0.2, 0) is 19.5 Å². The standard InChI is InChI=1S/C23H21BrClN3/c24-19-10-8-17(9-11-19)12-13-26-15-23-27-21-6-1-2-7-22(21)28(23)16-18-4-3-5-20(25)14-18/h1-11,14,26H,12-13,15-16H2. The van der Waals surface area contributed by atoms with Crippen LogP contribution >= 0.6 is 27.5 Å². The van der Waals surface area contributed by atoms with E-state index in [-0.39, 0.29) is 0 Å². The molecule has 4 rings (SSSR count). The van der Waals surface area contributed by atoms with Gasteiger partial charge in [0.15, 0.2) is 0 Å². The van der Waals surface area contributed by atoms with Crippen LogP contribution in [0, 0.1) is 0 Å². The Morgan fingerprint density at radius 3 is 2.57 bits per heavy atom. The monoisotopic (exact) mass is 453 g/mol. The van der Waals surface area contributed by atoms with Crippen LogP contribution < -0.4 is 5.32 Å². The van der Waals surface area contributed by atoms with Crippen molar-refractivity contribution in [2.45, 2.75) is 19.5 Å². The molecule has 0 aliphatic rings. The minimum Gasteiger partial charge on any atom is -0.322 e. The van der Waals surface area contributed by atoms with Gasteiger partial charge in [0, 0.05) is 16.0 Å². The number of halogens is 2. The molecule has 142 valence electrons. The number of aromatic nitrogens is 2. The highest BCUT2D eigenvalue weighted by Gasteiger charge is 2.11. The number of hydrogen-bond acceptors (Lipinski definition) is 2. The molecule has 1 N–H and O–H groups in total. The highest BCUT2D eigenvalue weighted by Crippen LogP contribution is 2.19. The van der Waals surface area contributed by atoms with Crippen molar-refractivity contribution in [1.29, 1.82) is 0 Å². The third-order valence-electron chi connectivity index (χ3n) is 4.75. The minimum absolute atomic E-state index is 0.728. The fourth-order valence-corrected chi connectivity index (χ4v) is 3.82. The second-order valence-electron chi connectivity index (χ2n) is 6.79. The van der Waals surface area contributed by atoms with E-state index in [0.29, 0.717) is 0 Å². The van der Waals surface area contributed by atoms with Gasteiger partial charge in [-0.3, -0.25) is 0 Å². The molecule has 0 aliphatic heterocycles. The van der Waals surface area contributed by atoms with Gasteiger partial charge >= 0.3 is 0 Å². The zero-order valence-electron chi connectivity index (χ0n) is 15.4. The van der Waals surface area contributed by atoms with Crippen molar-refractivity contribution < 1.29 is 0 Å². The average molecular weight is 455 g/mol. The molecule has 0 saturated heterocycles. The molecule has 0 aliphatic carbocycles. The van der Waals surface area contributed by atoms with Crippen molar-refractivity contribution in [3.63, 3.8) is 0 Å². The van der Waals surface area contributed by atoms with Gasteiger partial charge in [0.2, 0.25) is 0 Å². The number of rotatable bonds is 7. The van der Waals surface area contributed by atoms with Crippen LogP contribution in [0.1, 0.15) is 17.0 Å². The van der Waals surface area contributed by atoms with Gasteiger partial charge in [-0.2, -0.15) is 0 Å². The van der Waals surface area contributed by atoms with Gasteiger partial charge in [-0.25, -0.2) is 4.98 Å². The van der Waals surface area contributed by atoms with Crippen LogP contribution in [0.3, 0.4) is 0 Å². The highest BCUT2D eigenvalue weighted by atomic mass is 79.9. The van der Waals surface area contributed by atoms with Gasteiger partial charge in [0.25, 0.3) is 0 Å². The van der Waals surface area contributed by atoms with Crippen molar-refractivity contribution in [1.82, 2.24) is 14.9 Å². The molecule has 0 spiro atoms. The number of nitrogens with zero attached hydrogens (tertiary/aromatic N) is 2. The Hall–Kier alpha value is -2.14. The number of benzene rings is 3. The summed E-state index contributed by atoms with van der Waals surface area (Å²) in [6, 6.07) is 24.8. The molecule has 1 heterocycles. The van der Waals surface area contributed by atoms with Crippen LogP contribution in [0.25, 0.3) is 11.0 Å². The molecule has 0 atom stereocenters. The summed E-state index contributed by atoms with van der Waals surface area (Å²) >= 11 is 9.65. The maximum absolute atomic E-state index is 6.17. The van der Waals surface area contributed by atoms with E-state index < -0.39 is 0 Å². The quantitative estimate of drug-likeness (QED) is 0.356. The van der Waals surface area contributed by atoms with Gasteiger partial charge in [-0.15, -0.1) is 0 Å². The van der Waals surface area contributed by atoms with Crippen LogP contribution in [0.2, 0.25) is 5.02 Å². The Bertz CT molecular complexity index is 1070. The summed E-state index contributed by atoms with van der Waals surface area (Å²) in [6.07, 6.45) is 0.988. The molecule has 4 aromatic rings. The van der Waals surface area contributed by atoms with Crippen LogP contribution in [0.5, 0.6) is 0 Å². The Balaban J connectivity index is 1.49. The van der Waals surface area contributed by atoms with E-state index in [1.807, 2.05) is 24.3 Å². The maximum atomic E-state index is 6.17. The number of fused-ring (bicyclic) bond motifs is 1. The normalized spacial score (nSPS) is 11.2. The number of para-hydroxylation sites is 2. The molecular formula is C23H21BrClN3. The van der Waals surface area contributed by atoms with Gasteiger partial charge in [-0.05, 0) is 60.5 Å². The lowest BCUT2D eigenvalue weighted by Gasteiger charge is -2.11. The van der Waals surface area contributed by atoms with E-state index in [1.165, 1.54) is 11.1 Å². The molecule has 0 saturated carbocycles. The van der Waals surface area contributed by atoms with Crippen molar-refractivity contribution in [2.75, 3.05) is 6.54 Å². The van der Waals surface area contributed by atoms with Crippen molar-refractivity contribution in [2.24, 2.45) is 0 Å². The predicted octanol–water partition coefficient (Wildman–Crippen LogP) is 5.83. The largest absolute Gasteiger partial charge is 0.322 e. The van der Waals surface area contributed by atoms with E-state index >= 15 is 0 Å². The fourth-order valence-electron chi connectivity index (χ4n) is 3.34. The zero-order chi connectivity index (χ0) is 19.3. The van der Waals surface area contributed by atoms with Crippen LogP contribution in [0.15, 0.2) is 77.3 Å². The fraction of sp³-hybridized carbons (Fsp3) is 0.174. The van der Waals surface area contributed by atoms with E-state index in [1.54, 1.807) is 0 Å². The molecule has 5 heteroatoms. The van der Waals surface area contributed by atoms with Gasteiger partial charge < -0.3 is 9.88 Å². The van der Waals surface area contributed by atoms with E-state index in [4.69, 9.17) is 16.6 Å². The molecule has 0 fully saturated rings. The molecular weight excluding hydrogens is 434 g/mol. The summed E-state index contributed by atoms with van der Waals surface area (Å²) in [4.78, 5) is 4.85. The second kappa shape index (κ2) is 8.91. The second-order valence-corrected chi connectivity index (χ2v) is 8.14. The molecule has 0 amide bonds. The molecule has 3 nitrogen and oxygen atoms in total. The third-order valence-corrected chi connectivity index (χ3v) is 5.51. The van der Waals surface area contributed by atoms with E-state index in [0.717, 1.165) is 52.4 Å². The topological polar surface area (TPSA) is 29.9 Å². The highest BCUT2D eigenvalue weighted by molar-refractivity contribution is 9.10. The minimum atomic E-state index is 0.728. The first kappa shape index (κ1) is 19.2. The summed E-state index contributed by atoms with van der Waals surface area (Å²) in [6.45, 7) is 2.39. The Morgan fingerprint density at radius 2 is 1.75 bits per heavy atom. The molecule has 0 bridgehead atoms. The summed E-state index contributed by atoms with van der Waals surface area (Å²) in [5.41, 5.74) is 4.66. The lowest BCUT2D eigenvalue weighted by Crippen LogP contribution is -2.20. The summed E-state index contributed by atoms with van der Waals surface area (Å²) in [7, 11) is 0.